The van der Waals surface area contributed by atoms with Gasteiger partial charge in [0.2, 0.25) is 23.6 Å². The fourth-order valence-electron chi connectivity index (χ4n) is 16.4. The number of hydrogen-bond donors (Lipinski definition) is 5. The monoisotopic (exact) mass is 2140 g/mol. The van der Waals surface area contributed by atoms with Gasteiger partial charge in [-0.25, -0.2) is 18.7 Å². The smallest absolute Gasteiger partial charge is 0.320 e. The zero-order chi connectivity index (χ0) is 110. The fourth-order valence-corrected chi connectivity index (χ4v) is 16.4. The minimum Gasteiger partial charge on any atom is -0.480 e. The quantitative estimate of drug-likeness (QED) is 0.0167. The van der Waals surface area contributed by atoms with Gasteiger partial charge in [-0.2, -0.15) is 0 Å². The number of unbranched alkanes of at least 4 members (excludes halogenated alkanes) is 1. The Kier molecular flexibility index (Phi) is 51.5. The third-order valence-corrected chi connectivity index (χ3v) is 22.1. The molecule has 838 valence electrons. The van der Waals surface area contributed by atoms with Crippen molar-refractivity contribution in [3.05, 3.63) is 47.6 Å². The third kappa shape index (κ3) is 43.1. The molecule has 0 aliphatic carbocycles. The van der Waals surface area contributed by atoms with Crippen LogP contribution in [-0.2, 0) is 243 Å². The second-order valence-corrected chi connectivity index (χ2v) is 35.2. The number of nitrogens with one attached hydrogen (secondary N) is 4. The van der Waals surface area contributed by atoms with E-state index in [4.69, 9.17) is 114 Å². The lowest BCUT2D eigenvalue weighted by Gasteiger charge is -2.46. The summed E-state index contributed by atoms with van der Waals surface area (Å²) in [6.45, 7) is 19.6. The molecule has 4 fully saturated rings. The molecule has 4 aliphatic rings. The minimum absolute atomic E-state index is 0.00417. The Morgan fingerprint density at radius 2 is 0.573 bits per heavy atom. The van der Waals surface area contributed by atoms with E-state index in [-0.39, 0.29) is 145 Å². The molecule has 8 heterocycles. The Morgan fingerprint density at radius 3 is 0.813 bits per heavy atom. The van der Waals surface area contributed by atoms with Crippen LogP contribution in [0.4, 0.5) is 0 Å². The first-order chi connectivity index (χ1) is 71.3. The van der Waals surface area contributed by atoms with Crippen LogP contribution in [0, 0.1) is 0 Å². The second kappa shape index (κ2) is 63.0. The van der Waals surface area contributed by atoms with E-state index in [1.54, 1.807) is 52.9 Å². The normalized spacial score (nSPS) is 23.8. The van der Waals surface area contributed by atoms with Gasteiger partial charge in [-0.05, 0) is 33.2 Å². The number of carboxylic acids is 1. The predicted octanol–water partition coefficient (Wildman–Crippen LogP) is -3.00. The zero-order valence-corrected chi connectivity index (χ0v) is 86.8. The van der Waals surface area contributed by atoms with Gasteiger partial charge in [0.1, 0.15) is 87.2 Å². The van der Waals surface area contributed by atoms with E-state index in [9.17, 15) is 81.8 Å². The van der Waals surface area contributed by atoms with Crippen molar-refractivity contribution in [2.24, 2.45) is 0 Å². The lowest BCUT2D eigenvalue weighted by molar-refractivity contribution is -0.286. The summed E-state index contributed by atoms with van der Waals surface area (Å²) in [6.07, 6.45) is -13.3. The van der Waals surface area contributed by atoms with Gasteiger partial charge in [-0.1, -0.05) is 27.3 Å². The van der Waals surface area contributed by atoms with Crippen molar-refractivity contribution in [3.63, 3.8) is 0 Å². The van der Waals surface area contributed by atoms with Crippen LogP contribution in [0.1, 0.15) is 160 Å². The SMILES string of the molecule is CC(=O)N[C@H]1[C@H](OCCOCCn2cc(CN(CCCC[C@@H](C(=O)O)N(Cc3cn(CCOCCO[C@@H]4O[C@H](COC(C)=O)[C@H](OC(C)=O)[C@H](OC(C)=O)[C@H]4NC(C)=O)nn3)Cc3cn(CCOCCO[C@@H]4O[C@H](COC(C)=O)[C@H](OC(C)=O)[C@H](OC(C)=O)[C@H]4NC(C)=O)nn3)Cc3cn(CCOCCO[C@@H]4O[C@H](COC(C)=O)[C@H](OC(C)=O)[C@H](OC(C)C)[C@H]4NC(C)=O)nn3)nn2)O[C@H](COC(C)=O)[C@H](OC(C)=O)[C@@H]1OC(C)=O. The summed E-state index contributed by atoms with van der Waals surface area (Å²) < 4.78 is 145. The van der Waals surface area contributed by atoms with Crippen LogP contribution in [0.25, 0.3) is 0 Å². The standard InChI is InChI=1S/C91H138N18O41/c1-50(2)139-83-75(92-51(3)110)88(147-71(46-135-55(7)114)79(83)140-59(11)118)131-34-30-127-26-22-106-42-66(96-100-106)38-104(39-67-43-107(101-97-67)23-27-128-31-35-132-89-76(93-52(4)111)84(144-63(15)122)80(141-60(12)119)72(148-89)47-136-56(8)115)21-19-18-20-70(87(125)126)105(40-68-44-108(102-98-68)24-28-129-32-36-133-90-77(94-53(5)112)85(145-64(16)123)81(142-61(13)120)73(149-90)48-137-57(9)116)41-69-45-109(103-99-69)25-29-130-33-37-134-91-78(95-54(6)113)86(146-65(17)124)82(143-62(14)121)74(150-91)49-138-58(10)117/h42-45,50,70-86,88-91H,18-41,46-49H2,1-17H3,(H,92,110)(H,93,111)(H,94,112)(H,95,113)(H,125,126)/t70-,71+,72+,73+,74+,75+,76+,77+,78+,79-,80-,81-,82-,83+,84+,85+,86+,88+,89+,90+,91+/m0/s1. The summed E-state index contributed by atoms with van der Waals surface area (Å²) in [5, 5.41) is 57.2. The highest BCUT2D eigenvalue weighted by Crippen LogP contribution is 2.34. The third-order valence-electron chi connectivity index (χ3n) is 22.1. The number of amides is 4. The summed E-state index contributed by atoms with van der Waals surface area (Å²) >= 11 is 0. The molecule has 0 unspecified atom stereocenters. The van der Waals surface area contributed by atoms with E-state index < -0.39 is 250 Å². The number of carboxylic acid groups (broad SMARTS) is 1. The van der Waals surface area contributed by atoms with Gasteiger partial charge >= 0.3 is 71.6 Å². The second-order valence-electron chi connectivity index (χ2n) is 35.2. The molecule has 0 spiro atoms. The number of ether oxygens (including phenoxy) is 24. The molecule has 4 amide bonds. The first kappa shape index (κ1) is 123. The van der Waals surface area contributed by atoms with Crippen LogP contribution < -0.4 is 21.3 Å². The lowest BCUT2D eigenvalue weighted by Crippen LogP contribution is -2.66. The Balaban J connectivity index is 0.979. The molecule has 4 aromatic rings. The molecular weight excluding hydrogens is 2000 g/mol. The number of aromatic nitrogens is 12. The summed E-state index contributed by atoms with van der Waals surface area (Å²) in [5.74, 6) is -11.5. The van der Waals surface area contributed by atoms with E-state index >= 15 is 0 Å². The highest BCUT2D eigenvalue weighted by Gasteiger charge is 2.56. The van der Waals surface area contributed by atoms with Gasteiger partial charge in [-0.15, -0.1) is 20.4 Å². The molecular formula is C91H138N18O41. The van der Waals surface area contributed by atoms with E-state index in [2.05, 4.69) is 62.5 Å². The van der Waals surface area contributed by atoms with Crippen molar-refractivity contribution in [2.45, 2.75) is 324 Å². The van der Waals surface area contributed by atoms with Crippen molar-refractivity contribution in [2.75, 3.05) is 112 Å². The first-order valence-electron chi connectivity index (χ1n) is 48.5. The van der Waals surface area contributed by atoms with Crippen LogP contribution in [-0.4, -0.2) is 417 Å². The molecule has 0 aromatic carbocycles. The Bertz CT molecular complexity index is 4880. The van der Waals surface area contributed by atoms with E-state index in [1.807, 2.05) is 4.90 Å². The summed E-state index contributed by atoms with van der Waals surface area (Å²) in [6, 6.07) is -5.91. The average molecular weight is 2140 g/mol. The molecule has 5 N–H and O–H groups in total. The van der Waals surface area contributed by atoms with E-state index in [0.29, 0.717) is 42.2 Å². The Labute approximate surface area is 862 Å². The van der Waals surface area contributed by atoms with Crippen molar-refractivity contribution < 1.29 is 196 Å². The van der Waals surface area contributed by atoms with Gasteiger partial charge in [-0.3, -0.25) is 86.5 Å². The van der Waals surface area contributed by atoms with Gasteiger partial charge in [0.15, 0.2) is 67.9 Å². The lowest BCUT2D eigenvalue weighted by atomic mass is 9.96. The summed E-state index contributed by atoms with van der Waals surface area (Å²) in [4.78, 5) is 202. The van der Waals surface area contributed by atoms with Crippen LogP contribution in [0.2, 0.25) is 0 Å². The molecule has 21 atom stereocenters. The number of esters is 11. The van der Waals surface area contributed by atoms with Crippen LogP contribution in [0.3, 0.4) is 0 Å². The highest BCUT2D eigenvalue weighted by molar-refractivity contribution is 5.77. The van der Waals surface area contributed by atoms with Crippen LogP contribution >= 0.6 is 0 Å². The van der Waals surface area contributed by atoms with Crippen LogP contribution in [0.5, 0.6) is 0 Å². The Hall–Kier alpha value is -12.5. The molecule has 8 rings (SSSR count). The molecule has 59 nitrogen and oxygen atoms in total. The molecule has 150 heavy (non-hydrogen) atoms. The maximum absolute atomic E-state index is 13.9. The summed E-state index contributed by atoms with van der Waals surface area (Å²) in [5.41, 5.74) is 1.67. The number of nitrogens with zero attached hydrogens (tertiary/aromatic N) is 14. The average Bonchev–Trinajstić information content (AvgIpc) is 0.909. The predicted molar refractivity (Wildman–Crippen MR) is 496 cm³/mol. The van der Waals surface area contributed by atoms with Gasteiger partial charge in [0, 0.05) is 155 Å². The Morgan fingerprint density at radius 1 is 0.327 bits per heavy atom. The molecule has 0 radical (unpaired) electrons. The number of carbonyl (C=O) groups excluding carboxylic acids is 15. The molecule has 4 aromatic heterocycles. The van der Waals surface area contributed by atoms with E-state index in [0.717, 1.165) is 62.3 Å². The van der Waals surface area contributed by atoms with Crippen LogP contribution in [0.15, 0.2) is 24.8 Å². The van der Waals surface area contributed by atoms with E-state index in [1.165, 1.54) is 50.9 Å². The molecule has 59 heteroatoms. The molecule has 0 saturated carbocycles. The van der Waals surface area contributed by atoms with Gasteiger partial charge in [0.05, 0.1) is 134 Å². The number of aliphatic carboxylic acids is 1. The zero-order valence-electron chi connectivity index (χ0n) is 86.8. The maximum Gasteiger partial charge on any atom is 0.320 e. The first-order valence-corrected chi connectivity index (χ1v) is 48.5. The maximum atomic E-state index is 13.9. The van der Waals surface area contributed by atoms with Crippen molar-refractivity contribution in [1.29, 1.82) is 0 Å². The van der Waals surface area contributed by atoms with Crippen molar-refractivity contribution in [1.82, 2.24) is 91.0 Å². The molecule has 4 aliphatic heterocycles. The van der Waals surface area contributed by atoms with Gasteiger partial charge in [0.25, 0.3) is 0 Å². The fraction of sp³-hybridized carbons (Fsp3) is 0.736. The largest absolute Gasteiger partial charge is 0.480 e. The number of carbonyl (C=O) groups is 16. The minimum atomic E-state index is -1.37. The molecule has 0 bridgehead atoms. The van der Waals surface area contributed by atoms with Crippen molar-refractivity contribution in [3.8, 4) is 0 Å². The van der Waals surface area contributed by atoms with Crippen molar-refractivity contribution >= 4 is 95.3 Å². The van der Waals surface area contributed by atoms with Gasteiger partial charge < -0.3 is 140 Å². The molecule has 4 saturated heterocycles. The highest BCUT2D eigenvalue weighted by atomic mass is 16.8. The number of hydrogen-bond acceptors (Lipinski definition) is 50. The number of rotatable bonds is 64. The topological polar surface area (TPSA) is 692 Å². The summed E-state index contributed by atoms with van der Waals surface area (Å²) in [7, 11) is 0.